The second-order valence-corrected chi connectivity index (χ2v) is 8.94. The lowest BCUT2D eigenvalue weighted by molar-refractivity contribution is -0.232. The molecular weight excluding hydrogens is 410 g/mol. The van der Waals surface area contributed by atoms with Gasteiger partial charge in [0.15, 0.2) is 5.82 Å². The molecule has 3 aromatic carbocycles. The van der Waals surface area contributed by atoms with E-state index < -0.39 is 6.29 Å². The fourth-order valence-corrected chi connectivity index (χ4v) is 4.17. The molecule has 33 heavy (non-hydrogen) atoms. The van der Waals surface area contributed by atoms with Gasteiger partial charge in [0.2, 0.25) is 6.29 Å². The molecule has 0 saturated carbocycles. The van der Waals surface area contributed by atoms with E-state index in [4.69, 9.17) is 20.2 Å². The summed E-state index contributed by atoms with van der Waals surface area (Å²) in [6.07, 6.45) is -0.548. The van der Waals surface area contributed by atoms with Crippen molar-refractivity contribution in [3.05, 3.63) is 102 Å². The molecule has 0 unspecified atom stereocenters. The molecular formula is C28H29N3O2. The van der Waals surface area contributed by atoms with E-state index in [2.05, 4.69) is 72.2 Å². The summed E-state index contributed by atoms with van der Waals surface area (Å²) in [7, 11) is 0. The summed E-state index contributed by atoms with van der Waals surface area (Å²) >= 11 is 0. The number of hydrogen-bond acceptors (Lipinski definition) is 4. The number of hydrogen-bond donors (Lipinski definition) is 1. The molecule has 1 saturated heterocycles. The van der Waals surface area contributed by atoms with Crippen molar-refractivity contribution in [2.24, 2.45) is 11.1 Å². The molecule has 2 heterocycles. The topological polar surface area (TPSA) is 62.3 Å². The normalized spacial score (nSPS) is 20.6. The van der Waals surface area contributed by atoms with E-state index >= 15 is 0 Å². The first kappa shape index (κ1) is 21.6. The van der Waals surface area contributed by atoms with Crippen LogP contribution in [0.15, 0.2) is 91.0 Å². The largest absolute Gasteiger partial charge is 0.345 e. The van der Waals surface area contributed by atoms with Gasteiger partial charge in [-0.15, -0.1) is 0 Å². The summed E-state index contributed by atoms with van der Waals surface area (Å²) < 4.78 is 14.6. The zero-order chi connectivity index (χ0) is 22.7. The van der Waals surface area contributed by atoms with Crippen molar-refractivity contribution in [1.82, 2.24) is 9.55 Å². The average Bonchev–Trinajstić information content (AvgIpc) is 3.25. The van der Waals surface area contributed by atoms with Gasteiger partial charge in [0, 0.05) is 29.6 Å². The van der Waals surface area contributed by atoms with Crippen LogP contribution in [0.3, 0.4) is 0 Å². The molecule has 1 aliphatic heterocycles. The highest BCUT2D eigenvalue weighted by Gasteiger charge is 2.35. The standard InChI is InChI=1S/C28H29N3O2/c1-28(18-29)19-32-27(33-20-28)26-30-24(22-13-7-3-8-14-22)25(23-15-9-4-10-16-23)31(26)17-21-11-5-2-6-12-21/h2-16,27H,17-20,29H2,1H3/t27-,28+. The van der Waals surface area contributed by atoms with Crippen LogP contribution in [0.2, 0.25) is 0 Å². The third-order valence-corrected chi connectivity index (χ3v) is 6.15. The van der Waals surface area contributed by atoms with Crippen molar-refractivity contribution in [3.63, 3.8) is 0 Å². The van der Waals surface area contributed by atoms with Crippen LogP contribution in [0, 0.1) is 5.41 Å². The summed E-state index contributed by atoms with van der Waals surface area (Å²) in [4.78, 5) is 5.13. The molecule has 5 nitrogen and oxygen atoms in total. The van der Waals surface area contributed by atoms with Gasteiger partial charge < -0.3 is 19.8 Å². The van der Waals surface area contributed by atoms with E-state index in [-0.39, 0.29) is 5.41 Å². The number of ether oxygens (including phenoxy) is 2. The molecule has 0 spiro atoms. The molecule has 2 N–H and O–H groups in total. The van der Waals surface area contributed by atoms with Gasteiger partial charge in [-0.25, -0.2) is 4.98 Å². The Morgan fingerprint density at radius 2 is 1.39 bits per heavy atom. The third kappa shape index (κ3) is 4.48. The molecule has 1 fully saturated rings. The molecule has 0 amide bonds. The number of imidazole rings is 1. The lowest BCUT2D eigenvalue weighted by atomic mass is 9.92. The first-order chi connectivity index (χ1) is 16.2. The summed E-state index contributed by atoms with van der Waals surface area (Å²) in [6.45, 7) is 4.34. The second-order valence-electron chi connectivity index (χ2n) is 8.94. The van der Waals surface area contributed by atoms with Crippen LogP contribution in [-0.4, -0.2) is 29.3 Å². The van der Waals surface area contributed by atoms with Crippen molar-refractivity contribution in [2.45, 2.75) is 19.8 Å². The zero-order valence-electron chi connectivity index (χ0n) is 18.9. The molecule has 1 aromatic heterocycles. The third-order valence-electron chi connectivity index (χ3n) is 6.15. The second kappa shape index (κ2) is 9.32. The minimum atomic E-state index is -0.548. The Kier molecular flexibility index (Phi) is 6.09. The lowest BCUT2D eigenvalue weighted by Gasteiger charge is -2.36. The molecule has 168 valence electrons. The number of benzene rings is 3. The Balaban J connectivity index is 1.67. The summed E-state index contributed by atoms with van der Waals surface area (Å²) in [5.74, 6) is 0.774. The van der Waals surface area contributed by atoms with Crippen LogP contribution >= 0.6 is 0 Å². The lowest BCUT2D eigenvalue weighted by Crippen LogP contribution is -2.42. The molecule has 5 rings (SSSR count). The highest BCUT2D eigenvalue weighted by Crippen LogP contribution is 2.38. The number of nitrogens with two attached hydrogens (primary N) is 1. The van der Waals surface area contributed by atoms with E-state index in [0.29, 0.717) is 26.3 Å². The quantitative estimate of drug-likeness (QED) is 0.444. The van der Waals surface area contributed by atoms with E-state index in [1.165, 1.54) is 5.56 Å². The van der Waals surface area contributed by atoms with Gasteiger partial charge in [-0.1, -0.05) is 97.9 Å². The maximum absolute atomic E-state index is 6.20. The van der Waals surface area contributed by atoms with Crippen molar-refractivity contribution >= 4 is 0 Å². The molecule has 1 aliphatic rings. The Morgan fingerprint density at radius 1 is 0.848 bits per heavy atom. The number of aromatic nitrogens is 2. The minimum absolute atomic E-state index is 0.183. The Hall–Kier alpha value is -3.25. The SMILES string of the molecule is C[C@]1(CN)CO[C@@H](c2nc(-c3ccccc3)c(-c3ccccc3)n2Cc2ccccc2)OC1. The molecule has 0 radical (unpaired) electrons. The first-order valence-electron chi connectivity index (χ1n) is 11.4. The monoisotopic (exact) mass is 439 g/mol. The number of rotatable bonds is 6. The van der Waals surface area contributed by atoms with Gasteiger partial charge in [-0.2, -0.15) is 0 Å². The van der Waals surface area contributed by atoms with Crippen molar-refractivity contribution in [2.75, 3.05) is 19.8 Å². The Bertz CT molecular complexity index is 1180. The van der Waals surface area contributed by atoms with Crippen LogP contribution in [0.25, 0.3) is 22.5 Å². The van der Waals surface area contributed by atoms with Crippen LogP contribution < -0.4 is 5.73 Å². The van der Waals surface area contributed by atoms with Crippen molar-refractivity contribution in [3.8, 4) is 22.5 Å². The van der Waals surface area contributed by atoms with E-state index in [1.54, 1.807) is 0 Å². The van der Waals surface area contributed by atoms with Crippen molar-refractivity contribution < 1.29 is 9.47 Å². The van der Waals surface area contributed by atoms with Gasteiger partial charge in [0.1, 0.15) is 0 Å². The smallest absolute Gasteiger partial charge is 0.217 e. The molecule has 0 aliphatic carbocycles. The van der Waals surface area contributed by atoms with E-state index in [1.807, 2.05) is 30.3 Å². The summed E-state index contributed by atoms with van der Waals surface area (Å²) in [5.41, 5.74) is 11.1. The summed E-state index contributed by atoms with van der Waals surface area (Å²) in [5, 5.41) is 0. The van der Waals surface area contributed by atoms with Gasteiger partial charge in [0.05, 0.1) is 24.6 Å². The van der Waals surface area contributed by atoms with E-state index in [0.717, 1.165) is 28.3 Å². The predicted molar refractivity (Wildman–Crippen MR) is 130 cm³/mol. The van der Waals surface area contributed by atoms with Gasteiger partial charge in [0.25, 0.3) is 0 Å². The summed E-state index contributed by atoms with van der Waals surface area (Å²) in [6, 6.07) is 31.1. The maximum Gasteiger partial charge on any atom is 0.217 e. The van der Waals surface area contributed by atoms with Crippen LogP contribution in [0.5, 0.6) is 0 Å². The molecule has 4 aromatic rings. The molecule has 0 atom stereocenters. The fraction of sp³-hybridized carbons (Fsp3) is 0.250. The highest BCUT2D eigenvalue weighted by atomic mass is 16.7. The average molecular weight is 440 g/mol. The molecule has 5 heteroatoms. The molecule has 0 bridgehead atoms. The number of nitrogens with zero attached hydrogens (tertiary/aromatic N) is 2. The first-order valence-corrected chi connectivity index (χ1v) is 11.4. The zero-order valence-corrected chi connectivity index (χ0v) is 18.9. The predicted octanol–water partition coefficient (Wildman–Crippen LogP) is 5.28. The Labute approximate surface area is 194 Å². The minimum Gasteiger partial charge on any atom is -0.345 e. The Morgan fingerprint density at radius 3 is 1.97 bits per heavy atom. The van der Waals surface area contributed by atoms with Crippen LogP contribution in [-0.2, 0) is 16.0 Å². The maximum atomic E-state index is 6.20. The van der Waals surface area contributed by atoms with Gasteiger partial charge in [-0.05, 0) is 5.56 Å². The van der Waals surface area contributed by atoms with Crippen LogP contribution in [0.4, 0.5) is 0 Å². The van der Waals surface area contributed by atoms with Gasteiger partial charge >= 0.3 is 0 Å². The fourth-order valence-electron chi connectivity index (χ4n) is 4.17. The van der Waals surface area contributed by atoms with Crippen molar-refractivity contribution in [1.29, 1.82) is 0 Å². The highest BCUT2D eigenvalue weighted by molar-refractivity contribution is 5.79. The van der Waals surface area contributed by atoms with Crippen LogP contribution in [0.1, 0.15) is 24.6 Å². The van der Waals surface area contributed by atoms with Gasteiger partial charge in [-0.3, -0.25) is 0 Å². The van der Waals surface area contributed by atoms with E-state index in [9.17, 15) is 0 Å².